The molecule has 0 aliphatic heterocycles. The fourth-order valence-corrected chi connectivity index (χ4v) is 2.45. The highest BCUT2D eigenvalue weighted by molar-refractivity contribution is 5.91. The van der Waals surface area contributed by atoms with E-state index in [1.165, 1.54) is 24.4 Å². The van der Waals surface area contributed by atoms with Gasteiger partial charge in [0.2, 0.25) is 0 Å². The standard InChI is InChI=1S/C22H17N3O6/c26-21(15-30-20-9-5-4-8-19(20)25(28)29)24-23-14-16-10-12-18(13-11-16)31-22(27)17-6-2-1-3-7-17/h1-14H,15H2,(H,24,26)/b23-14+. The van der Waals surface area contributed by atoms with Gasteiger partial charge in [-0.2, -0.15) is 5.10 Å². The average molecular weight is 419 g/mol. The van der Waals surface area contributed by atoms with Crippen LogP contribution in [0, 0.1) is 10.1 Å². The van der Waals surface area contributed by atoms with Crippen LogP contribution in [0.15, 0.2) is 84.0 Å². The molecule has 31 heavy (non-hydrogen) atoms. The Bertz CT molecular complexity index is 1100. The highest BCUT2D eigenvalue weighted by Crippen LogP contribution is 2.25. The van der Waals surface area contributed by atoms with E-state index in [4.69, 9.17) is 9.47 Å². The van der Waals surface area contributed by atoms with Crippen molar-refractivity contribution in [1.82, 2.24) is 5.43 Å². The summed E-state index contributed by atoms with van der Waals surface area (Å²) in [6.45, 7) is -0.434. The Morgan fingerprint density at radius 1 is 0.968 bits per heavy atom. The third kappa shape index (κ3) is 6.23. The van der Waals surface area contributed by atoms with Crippen LogP contribution in [0.4, 0.5) is 5.69 Å². The maximum absolute atomic E-state index is 12.0. The van der Waals surface area contributed by atoms with E-state index in [-0.39, 0.29) is 11.4 Å². The first-order chi connectivity index (χ1) is 15.0. The minimum atomic E-state index is -0.591. The first kappa shape index (κ1) is 21.2. The van der Waals surface area contributed by atoms with E-state index in [9.17, 15) is 19.7 Å². The van der Waals surface area contributed by atoms with Gasteiger partial charge >= 0.3 is 11.7 Å². The van der Waals surface area contributed by atoms with Crippen LogP contribution in [0.25, 0.3) is 0 Å². The normalized spacial score (nSPS) is 10.5. The van der Waals surface area contributed by atoms with E-state index in [0.29, 0.717) is 16.9 Å². The molecule has 0 spiro atoms. The van der Waals surface area contributed by atoms with Crippen LogP contribution < -0.4 is 14.9 Å². The molecule has 0 saturated carbocycles. The van der Waals surface area contributed by atoms with E-state index in [1.54, 1.807) is 60.7 Å². The molecule has 0 radical (unpaired) electrons. The number of para-hydroxylation sites is 2. The molecule has 0 saturated heterocycles. The zero-order valence-corrected chi connectivity index (χ0v) is 16.1. The number of amides is 1. The summed E-state index contributed by atoms with van der Waals surface area (Å²) in [5.74, 6) is -0.684. The summed E-state index contributed by atoms with van der Waals surface area (Å²) in [5, 5.41) is 14.7. The predicted octanol–water partition coefficient (Wildman–Crippen LogP) is 3.34. The molecule has 0 fully saturated rings. The summed E-state index contributed by atoms with van der Waals surface area (Å²) < 4.78 is 10.5. The summed E-state index contributed by atoms with van der Waals surface area (Å²) in [6, 6.07) is 20.9. The third-order valence-corrected chi connectivity index (χ3v) is 3.92. The van der Waals surface area contributed by atoms with Crippen molar-refractivity contribution in [3.63, 3.8) is 0 Å². The number of hydrazone groups is 1. The number of nitro groups is 1. The maximum Gasteiger partial charge on any atom is 0.343 e. The van der Waals surface area contributed by atoms with Crippen LogP contribution in [0.3, 0.4) is 0 Å². The fourth-order valence-electron chi connectivity index (χ4n) is 2.45. The van der Waals surface area contributed by atoms with Crippen molar-refractivity contribution in [2.45, 2.75) is 0 Å². The van der Waals surface area contributed by atoms with E-state index in [1.807, 2.05) is 0 Å². The van der Waals surface area contributed by atoms with Gasteiger partial charge < -0.3 is 9.47 Å². The molecule has 1 amide bonds. The Labute approximate surface area is 177 Å². The van der Waals surface area contributed by atoms with Gasteiger partial charge in [-0.3, -0.25) is 14.9 Å². The third-order valence-electron chi connectivity index (χ3n) is 3.92. The Hall–Kier alpha value is -4.53. The topological polar surface area (TPSA) is 120 Å². The second-order valence-corrected chi connectivity index (χ2v) is 6.13. The lowest BCUT2D eigenvalue weighted by atomic mass is 10.2. The number of ether oxygens (including phenoxy) is 2. The van der Waals surface area contributed by atoms with Gasteiger partial charge in [-0.15, -0.1) is 0 Å². The van der Waals surface area contributed by atoms with Crippen LogP contribution in [-0.4, -0.2) is 29.6 Å². The van der Waals surface area contributed by atoms with Crippen molar-refractivity contribution in [1.29, 1.82) is 0 Å². The molecule has 0 bridgehead atoms. The van der Waals surface area contributed by atoms with E-state index < -0.39 is 23.4 Å². The number of benzene rings is 3. The van der Waals surface area contributed by atoms with Gasteiger partial charge in [0.15, 0.2) is 12.4 Å². The van der Waals surface area contributed by atoms with Crippen LogP contribution >= 0.6 is 0 Å². The first-order valence-corrected chi connectivity index (χ1v) is 9.08. The molecule has 0 unspecified atom stereocenters. The number of nitrogens with zero attached hydrogens (tertiary/aromatic N) is 2. The predicted molar refractivity (Wildman–Crippen MR) is 112 cm³/mol. The summed E-state index contributed by atoms with van der Waals surface area (Å²) in [7, 11) is 0. The highest BCUT2D eigenvalue weighted by atomic mass is 16.6. The molecule has 1 N–H and O–H groups in total. The zero-order chi connectivity index (χ0) is 22.1. The number of hydrogen-bond acceptors (Lipinski definition) is 7. The number of carbonyl (C=O) groups excluding carboxylic acids is 2. The van der Waals surface area contributed by atoms with E-state index in [2.05, 4.69) is 10.5 Å². The van der Waals surface area contributed by atoms with Gasteiger partial charge in [0.1, 0.15) is 5.75 Å². The first-order valence-electron chi connectivity index (χ1n) is 9.08. The Balaban J connectivity index is 1.48. The van der Waals surface area contributed by atoms with Crippen molar-refractivity contribution in [2.75, 3.05) is 6.61 Å². The number of hydrogen-bond donors (Lipinski definition) is 1. The summed E-state index contributed by atoms with van der Waals surface area (Å²) in [4.78, 5) is 34.2. The largest absolute Gasteiger partial charge is 0.477 e. The molecular formula is C22H17N3O6. The van der Waals surface area contributed by atoms with Crippen molar-refractivity contribution in [3.05, 3.63) is 100 Å². The van der Waals surface area contributed by atoms with Gasteiger partial charge in [-0.1, -0.05) is 30.3 Å². The second kappa shape index (κ2) is 10.3. The van der Waals surface area contributed by atoms with Gasteiger partial charge in [0.05, 0.1) is 16.7 Å². The van der Waals surface area contributed by atoms with Crippen LogP contribution in [0.1, 0.15) is 15.9 Å². The van der Waals surface area contributed by atoms with Crippen molar-refractivity contribution in [3.8, 4) is 11.5 Å². The smallest absolute Gasteiger partial charge is 0.343 e. The molecular weight excluding hydrogens is 402 g/mol. The lowest BCUT2D eigenvalue weighted by molar-refractivity contribution is -0.385. The van der Waals surface area contributed by atoms with Crippen LogP contribution in [0.5, 0.6) is 11.5 Å². The van der Waals surface area contributed by atoms with E-state index in [0.717, 1.165) is 0 Å². The van der Waals surface area contributed by atoms with E-state index >= 15 is 0 Å². The zero-order valence-electron chi connectivity index (χ0n) is 16.1. The van der Waals surface area contributed by atoms with Crippen LogP contribution in [-0.2, 0) is 4.79 Å². The number of carbonyl (C=O) groups is 2. The quantitative estimate of drug-likeness (QED) is 0.197. The molecule has 0 heterocycles. The highest BCUT2D eigenvalue weighted by Gasteiger charge is 2.14. The molecule has 3 aromatic rings. The molecule has 3 rings (SSSR count). The lowest BCUT2D eigenvalue weighted by Gasteiger charge is -2.05. The summed E-state index contributed by atoms with van der Waals surface area (Å²) in [5.41, 5.74) is 3.13. The lowest BCUT2D eigenvalue weighted by Crippen LogP contribution is -2.24. The molecule has 0 aliphatic carbocycles. The molecule has 156 valence electrons. The number of nitrogens with one attached hydrogen (secondary N) is 1. The minimum Gasteiger partial charge on any atom is -0.477 e. The molecule has 3 aromatic carbocycles. The van der Waals surface area contributed by atoms with Gasteiger partial charge in [-0.25, -0.2) is 10.2 Å². The molecule has 9 nitrogen and oxygen atoms in total. The molecule has 9 heteroatoms. The average Bonchev–Trinajstić information content (AvgIpc) is 2.79. The summed E-state index contributed by atoms with van der Waals surface area (Å²) in [6.07, 6.45) is 1.39. The number of esters is 1. The molecule has 0 aromatic heterocycles. The Kier molecular flexibility index (Phi) is 7.04. The van der Waals surface area contributed by atoms with Gasteiger partial charge in [-0.05, 0) is 48.0 Å². The van der Waals surface area contributed by atoms with Gasteiger partial charge in [0, 0.05) is 6.07 Å². The van der Waals surface area contributed by atoms with Crippen molar-refractivity contribution < 1.29 is 24.0 Å². The molecule has 0 aliphatic rings. The number of rotatable bonds is 8. The second-order valence-electron chi connectivity index (χ2n) is 6.13. The molecule has 0 atom stereocenters. The van der Waals surface area contributed by atoms with Gasteiger partial charge in [0.25, 0.3) is 5.91 Å². The monoisotopic (exact) mass is 419 g/mol. The van der Waals surface area contributed by atoms with Crippen molar-refractivity contribution in [2.24, 2.45) is 5.10 Å². The SMILES string of the molecule is O=C(COc1ccccc1[N+](=O)[O-])N/N=C/c1ccc(OC(=O)c2ccccc2)cc1. The van der Waals surface area contributed by atoms with Crippen molar-refractivity contribution >= 4 is 23.8 Å². The minimum absolute atomic E-state index is 0.00716. The Morgan fingerprint density at radius 2 is 1.65 bits per heavy atom. The van der Waals surface area contributed by atoms with Crippen LogP contribution in [0.2, 0.25) is 0 Å². The Morgan fingerprint density at radius 3 is 2.35 bits per heavy atom. The fraction of sp³-hybridized carbons (Fsp3) is 0.0455. The number of nitro benzene ring substituents is 1. The summed E-state index contributed by atoms with van der Waals surface area (Å²) >= 11 is 0. The maximum atomic E-state index is 12.0.